The first-order valence-electron chi connectivity index (χ1n) is 10.2. The maximum absolute atomic E-state index is 10.8. The Labute approximate surface area is 198 Å². The summed E-state index contributed by atoms with van der Waals surface area (Å²) in [7, 11) is 0. The summed E-state index contributed by atoms with van der Waals surface area (Å²) in [4.78, 5) is 15.0. The number of carbonyl (C=O) groups is 1. The van der Waals surface area contributed by atoms with Crippen molar-refractivity contribution in [2.75, 3.05) is 0 Å². The fraction of sp³-hybridized carbons (Fsp3) is 0.0769. The molecular formula is C26H19InN3O2. The SMILES string of the molecule is CC/C(=C(/c1ccc(/C=C/C(=O)O)cc1)c1cc[c]2c(c1)C=[N][In]2)c1ccncc1C#N. The van der Waals surface area contributed by atoms with Crippen LogP contribution in [0.1, 0.15) is 46.7 Å². The Bertz CT molecular complexity index is 1320. The number of pyridine rings is 1. The summed E-state index contributed by atoms with van der Waals surface area (Å²) in [5.41, 5.74) is 7.62. The molecule has 4 rings (SSSR count). The number of hydrogen-bond acceptors (Lipinski definition) is 4. The van der Waals surface area contributed by atoms with E-state index >= 15 is 0 Å². The zero-order valence-corrected chi connectivity index (χ0v) is 20.8. The molecule has 0 bridgehead atoms. The molecule has 6 heteroatoms. The number of benzene rings is 2. The Balaban J connectivity index is 1.93. The molecule has 0 saturated heterocycles. The molecule has 1 aliphatic rings. The number of nitriles is 1. The zero-order valence-electron chi connectivity index (χ0n) is 17.5. The van der Waals surface area contributed by atoms with Gasteiger partial charge in [-0.3, -0.25) is 0 Å². The van der Waals surface area contributed by atoms with Crippen LogP contribution in [-0.2, 0) is 4.79 Å². The summed E-state index contributed by atoms with van der Waals surface area (Å²) in [6, 6.07) is 18.5. The van der Waals surface area contributed by atoms with Crippen molar-refractivity contribution in [3.63, 3.8) is 0 Å². The fourth-order valence-electron chi connectivity index (χ4n) is 3.85. The third-order valence-corrected chi connectivity index (χ3v) is 8.49. The van der Waals surface area contributed by atoms with Crippen molar-refractivity contribution in [3.8, 4) is 6.07 Å². The molecule has 1 N–H and O–H groups in total. The van der Waals surface area contributed by atoms with Crippen molar-refractivity contribution in [1.29, 1.82) is 5.26 Å². The zero-order chi connectivity index (χ0) is 22.5. The molecule has 5 nitrogen and oxygen atoms in total. The predicted molar refractivity (Wildman–Crippen MR) is 128 cm³/mol. The summed E-state index contributed by atoms with van der Waals surface area (Å²) in [6.07, 6.45) is 8.74. The molecule has 0 fully saturated rings. The Morgan fingerprint density at radius 1 is 1.16 bits per heavy atom. The van der Waals surface area contributed by atoms with Gasteiger partial charge in [-0.1, -0.05) is 0 Å². The third-order valence-electron chi connectivity index (χ3n) is 5.34. The van der Waals surface area contributed by atoms with E-state index in [-0.39, 0.29) is 0 Å². The standard InChI is InChI=1S/C26H19N3O2.In/c1-2-23(24-12-13-29-17-22(24)16-28)26(21-5-3-4-19(14-21)15-27)20-9-6-18(7-10-20)8-11-25(30)31;/h3,5-15,17H,2H2,1H3,(H,30,31);/q-1;+1/b11-8+,26-23+;. The van der Waals surface area contributed by atoms with Gasteiger partial charge in [-0.2, -0.15) is 0 Å². The van der Waals surface area contributed by atoms with E-state index in [1.807, 2.05) is 36.5 Å². The average Bonchev–Trinajstić information content (AvgIpc) is 3.29. The van der Waals surface area contributed by atoms with E-state index in [0.717, 1.165) is 45.9 Å². The van der Waals surface area contributed by atoms with Gasteiger partial charge in [0, 0.05) is 0 Å². The van der Waals surface area contributed by atoms with Gasteiger partial charge in [-0.15, -0.1) is 0 Å². The number of allylic oxidation sites excluding steroid dienone is 1. The molecule has 0 spiro atoms. The average molecular weight is 520 g/mol. The molecule has 0 saturated carbocycles. The first-order valence-corrected chi connectivity index (χ1v) is 13.3. The molecule has 153 valence electrons. The van der Waals surface area contributed by atoms with Crippen LogP contribution in [0.3, 0.4) is 0 Å². The van der Waals surface area contributed by atoms with Crippen LogP contribution in [0.5, 0.6) is 0 Å². The predicted octanol–water partition coefficient (Wildman–Crippen LogP) is 4.10. The minimum atomic E-state index is -1.03. The van der Waals surface area contributed by atoms with E-state index in [2.05, 4.69) is 39.2 Å². The van der Waals surface area contributed by atoms with Gasteiger partial charge in [0.1, 0.15) is 0 Å². The van der Waals surface area contributed by atoms with Crippen LogP contribution in [0.4, 0.5) is 0 Å². The first kappa shape index (κ1) is 21.8. The van der Waals surface area contributed by atoms with Crippen LogP contribution in [0.25, 0.3) is 17.2 Å². The van der Waals surface area contributed by atoms with E-state index in [9.17, 15) is 10.1 Å². The number of rotatable bonds is 6. The molecule has 2 heterocycles. The Kier molecular flexibility index (Phi) is 6.67. The van der Waals surface area contributed by atoms with Crippen LogP contribution in [-0.4, -0.2) is 45.5 Å². The Hall–Kier alpha value is -3.43. The third kappa shape index (κ3) is 4.58. The molecule has 1 aliphatic heterocycles. The molecule has 0 atom stereocenters. The molecule has 3 aromatic rings. The number of carboxylic acid groups (broad SMARTS) is 1. The Morgan fingerprint density at radius 2 is 1.94 bits per heavy atom. The normalized spacial score (nSPS) is 12.8. The van der Waals surface area contributed by atoms with Crippen molar-refractivity contribution in [1.82, 2.24) is 4.98 Å². The number of carboxylic acids is 1. The van der Waals surface area contributed by atoms with Gasteiger partial charge >= 0.3 is 189 Å². The second-order valence-corrected chi connectivity index (χ2v) is 10.6. The minimum absolute atomic E-state index is 0.542. The van der Waals surface area contributed by atoms with Gasteiger partial charge < -0.3 is 5.11 Å². The monoisotopic (exact) mass is 520 g/mol. The van der Waals surface area contributed by atoms with Gasteiger partial charge in [0.15, 0.2) is 0 Å². The van der Waals surface area contributed by atoms with E-state index in [1.165, 1.54) is 8.88 Å². The topological polar surface area (TPSA) is 86.3 Å². The summed E-state index contributed by atoms with van der Waals surface area (Å²) in [5, 5.41) is 18.6. The second-order valence-electron chi connectivity index (χ2n) is 7.28. The van der Waals surface area contributed by atoms with E-state index in [4.69, 9.17) is 5.11 Å². The van der Waals surface area contributed by atoms with Crippen molar-refractivity contribution in [2.24, 2.45) is 2.98 Å². The second kappa shape index (κ2) is 9.80. The van der Waals surface area contributed by atoms with Gasteiger partial charge in [0.2, 0.25) is 0 Å². The fourth-order valence-corrected chi connectivity index (χ4v) is 6.38. The van der Waals surface area contributed by atoms with Crippen molar-refractivity contribution in [3.05, 3.63) is 100 Å². The summed E-state index contributed by atoms with van der Waals surface area (Å²) < 4.78 is 5.95. The van der Waals surface area contributed by atoms with Crippen LogP contribution >= 0.6 is 0 Å². The molecule has 32 heavy (non-hydrogen) atoms. The molecule has 2 aromatic carbocycles. The van der Waals surface area contributed by atoms with Gasteiger partial charge in [0.25, 0.3) is 0 Å². The van der Waals surface area contributed by atoms with Gasteiger partial charge in [-0.25, -0.2) is 4.79 Å². The van der Waals surface area contributed by atoms with Gasteiger partial charge in [-0.05, 0) is 0 Å². The first-order chi connectivity index (χ1) is 15.6. The number of aliphatic carboxylic acids is 1. The number of aromatic nitrogens is 1. The molecule has 0 aliphatic carbocycles. The van der Waals surface area contributed by atoms with Gasteiger partial charge in [0.05, 0.1) is 0 Å². The van der Waals surface area contributed by atoms with Crippen molar-refractivity contribution in [2.45, 2.75) is 13.3 Å². The number of fused-ring (bicyclic) bond motifs is 1. The maximum atomic E-state index is 10.8. The molecule has 1 radical (unpaired) electrons. The molecule has 0 amide bonds. The van der Waals surface area contributed by atoms with Crippen molar-refractivity contribution >= 4 is 55.9 Å². The molecular weight excluding hydrogens is 501 g/mol. The number of nitrogens with zero attached hydrogens (tertiary/aromatic N) is 3. The number of hydrogen-bond donors (Lipinski definition) is 1. The van der Waals surface area contributed by atoms with Crippen LogP contribution < -0.4 is 3.32 Å². The van der Waals surface area contributed by atoms with Crippen LogP contribution in [0, 0.1) is 11.3 Å². The summed E-state index contributed by atoms with van der Waals surface area (Å²) in [6.45, 7) is 2.09. The van der Waals surface area contributed by atoms with Crippen LogP contribution in [0.2, 0.25) is 0 Å². The van der Waals surface area contributed by atoms with E-state index < -0.39 is 29.2 Å². The van der Waals surface area contributed by atoms with E-state index in [1.54, 1.807) is 18.5 Å². The van der Waals surface area contributed by atoms with Crippen LogP contribution in [0.15, 0.2) is 70.0 Å². The summed E-state index contributed by atoms with van der Waals surface area (Å²) >= 11 is -1.03. The quantitative estimate of drug-likeness (QED) is 0.497. The van der Waals surface area contributed by atoms with E-state index in [0.29, 0.717) is 5.56 Å². The molecule has 0 unspecified atom stereocenters. The summed E-state index contributed by atoms with van der Waals surface area (Å²) in [5.74, 6) is -0.977. The van der Waals surface area contributed by atoms with Crippen molar-refractivity contribution < 1.29 is 9.90 Å². The molecule has 1 aromatic heterocycles. The Morgan fingerprint density at radius 3 is 2.66 bits per heavy atom.